The highest BCUT2D eigenvalue weighted by Gasteiger charge is 2.38. The first-order chi connectivity index (χ1) is 13.9. The van der Waals surface area contributed by atoms with E-state index in [9.17, 15) is 22.8 Å². The summed E-state index contributed by atoms with van der Waals surface area (Å²) in [6, 6.07) is 14.7. The van der Waals surface area contributed by atoms with Crippen LogP contribution in [-0.2, 0) is 14.9 Å². The second-order valence-electron chi connectivity index (χ2n) is 5.95. The fourth-order valence-electron chi connectivity index (χ4n) is 2.72. The van der Waals surface area contributed by atoms with Crippen molar-refractivity contribution in [3.63, 3.8) is 0 Å². The quantitative estimate of drug-likeness (QED) is 0.626. The number of hydrogen-bond donors (Lipinski definition) is 1. The molecule has 0 radical (unpaired) electrons. The van der Waals surface area contributed by atoms with Gasteiger partial charge in [0, 0.05) is 5.69 Å². The van der Waals surface area contributed by atoms with E-state index in [1.165, 1.54) is 42.5 Å². The Hall–Kier alpha value is -3.50. The first-order valence-electron chi connectivity index (χ1n) is 8.23. The number of fused-ring (bicyclic) bond motifs is 1. The van der Waals surface area contributed by atoms with Crippen LogP contribution >= 0.6 is 11.3 Å². The number of amides is 2. The highest BCUT2D eigenvalue weighted by atomic mass is 32.2. The summed E-state index contributed by atoms with van der Waals surface area (Å²) in [6.45, 7) is 0. The summed E-state index contributed by atoms with van der Waals surface area (Å²) < 4.78 is 27.1. The Bertz CT molecular complexity index is 1200. The van der Waals surface area contributed by atoms with Gasteiger partial charge in [-0.05, 0) is 41.8 Å². The molecule has 0 atom stereocenters. The lowest BCUT2D eigenvalue weighted by Crippen LogP contribution is -2.32. The summed E-state index contributed by atoms with van der Waals surface area (Å²) in [5.41, 5.74) is 0.383. The van der Waals surface area contributed by atoms with Crippen LogP contribution in [0.5, 0.6) is 0 Å². The minimum atomic E-state index is -3.79. The van der Waals surface area contributed by atoms with Crippen LogP contribution in [0.15, 0.2) is 70.3 Å². The summed E-state index contributed by atoms with van der Waals surface area (Å²) in [5, 5.41) is 2.03. The molecule has 29 heavy (non-hydrogen) atoms. The molecule has 0 unspecified atom stereocenters. The molecular weight excluding hydrogens is 416 g/mol. The van der Waals surface area contributed by atoms with E-state index in [0.717, 1.165) is 11.3 Å². The van der Waals surface area contributed by atoms with Crippen LogP contribution in [0.2, 0.25) is 0 Å². The van der Waals surface area contributed by atoms with Gasteiger partial charge in [0.2, 0.25) is 0 Å². The zero-order valence-electron chi connectivity index (χ0n) is 14.6. The number of nitrogens with zero attached hydrogens (tertiary/aromatic N) is 1. The van der Waals surface area contributed by atoms with Gasteiger partial charge >= 0.3 is 5.97 Å². The molecule has 1 aromatic heterocycles. The predicted molar refractivity (Wildman–Crippen MR) is 104 cm³/mol. The fraction of sp³-hybridized carbons (Fsp3) is 0. The number of imide groups is 1. The van der Waals surface area contributed by atoms with E-state index < -0.39 is 27.8 Å². The number of sulfonamides is 1. The minimum Gasteiger partial charge on any atom is -0.324 e. The van der Waals surface area contributed by atoms with Crippen molar-refractivity contribution in [3.8, 4) is 0 Å². The number of carbonyl (C=O) groups is 3. The van der Waals surface area contributed by atoms with Gasteiger partial charge in [-0.1, -0.05) is 29.3 Å². The van der Waals surface area contributed by atoms with Gasteiger partial charge in [-0.25, -0.2) is 13.2 Å². The van der Waals surface area contributed by atoms with E-state index in [2.05, 4.69) is 4.72 Å². The Morgan fingerprint density at radius 2 is 1.62 bits per heavy atom. The highest BCUT2D eigenvalue weighted by molar-refractivity contribution is 7.94. The maximum Gasteiger partial charge on any atom is 0.364 e. The molecule has 2 heterocycles. The molecule has 3 aromatic rings. The Morgan fingerprint density at radius 1 is 0.931 bits per heavy atom. The Labute approximate surface area is 169 Å². The molecular formula is C19H12N2O6S2. The van der Waals surface area contributed by atoms with E-state index in [1.54, 1.807) is 23.6 Å². The number of carbonyl (C=O) groups excluding carboxylic acids is 3. The van der Waals surface area contributed by atoms with Crippen LogP contribution in [0, 0.1) is 0 Å². The van der Waals surface area contributed by atoms with Gasteiger partial charge in [-0.2, -0.15) is 0 Å². The van der Waals surface area contributed by atoms with Crippen LogP contribution in [-0.4, -0.2) is 31.3 Å². The van der Waals surface area contributed by atoms with Gasteiger partial charge in [-0.15, -0.1) is 11.3 Å². The summed E-state index contributed by atoms with van der Waals surface area (Å²) in [7, 11) is -3.79. The fourth-order valence-corrected chi connectivity index (χ4v) is 4.76. The Balaban J connectivity index is 1.53. The minimum absolute atomic E-state index is 0.0343. The van der Waals surface area contributed by atoms with Crippen molar-refractivity contribution < 1.29 is 27.6 Å². The van der Waals surface area contributed by atoms with E-state index in [-0.39, 0.29) is 26.6 Å². The predicted octanol–water partition coefficient (Wildman–Crippen LogP) is 2.92. The van der Waals surface area contributed by atoms with Gasteiger partial charge in [0.1, 0.15) is 4.21 Å². The molecule has 146 valence electrons. The molecule has 0 saturated carbocycles. The van der Waals surface area contributed by atoms with Gasteiger partial charge in [-0.3, -0.25) is 14.3 Å². The lowest BCUT2D eigenvalue weighted by molar-refractivity contribution is -0.0584. The topological polar surface area (TPSA) is 110 Å². The molecule has 2 amide bonds. The molecule has 0 bridgehead atoms. The van der Waals surface area contributed by atoms with Crippen LogP contribution in [0.1, 0.15) is 31.1 Å². The molecule has 0 aliphatic carbocycles. The van der Waals surface area contributed by atoms with Crippen LogP contribution < -0.4 is 4.72 Å². The van der Waals surface area contributed by atoms with Crippen molar-refractivity contribution in [1.29, 1.82) is 0 Å². The van der Waals surface area contributed by atoms with Crippen molar-refractivity contribution in [2.24, 2.45) is 0 Å². The Kier molecular flexibility index (Phi) is 4.65. The van der Waals surface area contributed by atoms with Crippen molar-refractivity contribution in [1.82, 2.24) is 5.06 Å². The summed E-state index contributed by atoms with van der Waals surface area (Å²) in [4.78, 5) is 42.0. The zero-order valence-corrected chi connectivity index (χ0v) is 16.2. The number of thiophene rings is 1. The second kappa shape index (κ2) is 7.15. The van der Waals surface area contributed by atoms with Crippen LogP contribution in [0.25, 0.3) is 0 Å². The lowest BCUT2D eigenvalue weighted by Gasteiger charge is -2.13. The van der Waals surface area contributed by atoms with Crippen LogP contribution in [0.3, 0.4) is 0 Å². The lowest BCUT2D eigenvalue weighted by atomic mass is 10.1. The van der Waals surface area contributed by atoms with E-state index in [0.29, 0.717) is 5.06 Å². The van der Waals surface area contributed by atoms with Gasteiger partial charge in [0.05, 0.1) is 16.7 Å². The Morgan fingerprint density at radius 3 is 2.24 bits per heavy atom. The van der Waals surface area contributed by atoms with Gasteiger partial charge in [0.25, 0.3) is 21.8 Å². The summed E-state index contributed by atoms with van der Waals surface area (Å²) in [6.07, 6.45) is 0. The summed E-state index contributed by atoms with van der Waals surface area (Å²) in [5.74, 6) is -2.46. The number of anilines is 1. The standard InChI is InChI=1S/C19H12N2O6S2/c22-17-14-7-1-2-8-15(14)18(23)21(17)27-19(24)12-5-3-6-13(11-12)20-29(25,26)16-9-4-10-28-16/h1-11,20H. The second-order valence-corrected chi connectivity index (χ2v) is 8.80. The van der Waals surface area contributed by atoms with E-state index in [4.69, 9.17) is 4.84 Å². The highest BCUT2D eigenvalue weighted by Crippen LogP contribution is 2.24. The smallest absolute Gasteiger partial charge is 0.324 e. The first kappa shape index (κ1) is 18.8. The van der Waals surface area contributed by atoms with Crippen molar-refractivity contribution in [2.45, 2.75) is 4.21 Å². The normalized spacial score (nSPS) is 13.3. The number of hydrogen-bond acceptors (Lipinski definition) is 7. The third-order valence-corrected chi connectivity index (χ3v) is 6.82. The molecule has 10 heteroatoms. The maximum absolute atomic E-state index is 12.4. The molecule has 4 rings (SSSR count). The monoisotopic (exact) mass is 428 g/mol. The third kappa shape index (κ3) is 3.50. The maximum atomic E-state index is 12.4. The number of rotatable bonds is 5. The van der Waals surface area contributed by atoms with Gasteiger partial charge < -0.3 is 4.84 Å². The van der Waals surface area contributed by atoms with Crippen molar-refractivity contribution in [3.05, 3.63) is 82.7 Å². The number of benzene rings is 2. The van der Waals surface area contributed by atoms with E-state index >= 15 is 0 Å². The molecule has 1 N–H and O–H groups in total. The number of hydroxylamine groups is 2. The first-order valence-corrected chi connectivity index (χ1v) is 10.6. The summed E-state index contributed by atoms with van der Waals surface area (Å²) >= 11 is 1.05. The molecule has 0 saturated heterocycles. The SMILES string of the molecule is O=C(ON1C(=O)c2ccccc2C1=O)c1cccc(NS(=O)(=O)c2cccs2)c1. The average Bonchev–Trinajstić information content (AvgIpc) is 3.33. The van der Waals surface area contributed by atoms with Crippen molar-refractivity contribution >= 4 is 44.8 Å². The largest absolute Gasteiger partial charge is 0.364 e. The van der Waals surface area contributed by atoms with E-state index in [1.807, 2.05) is 0 Å². The molecule has 2 aromatic carbocycles. The van der Waals surface area contributed by atoms with Crippen LogP contribution in [0.4, 0.5) is 5.69 Å². The van der Waals surface area contributed by atoms with Gasteiger partial charge in [0.15, 0.2) is 0 Å². The molecule has 1 aliphatic heterocycles. The van der Waals surface area contributed by atoms with Crippen molar-refractivity contribution in [2.75, 3.05) is 4.72 Å². The molecule has 0 spiro atoms. The zero-order chi connectivity index (χ0) is 20.6. The molecule has 1 aliphatic rings. The number of nitrogens with one attached hydrogen (secondary N) is 1. The third-order valence-electron chi connectivity index (χ3n) is 4.04. The molecule has 0 fully saturated rings. The molecule has 8 nitrogen and oxygen atoms in total. The average molecular weight is 428 g/mol.